The van der Waals surface area contributed by atoms with E-state index < -0.39 is 5.79 Å². The van der Waals surface area contributed by atoms with Gasteiger partial charge in [0, 0.05) is 20.1 Å². The lowest BCUT2D eigenvalue weighted by atomic mass is 10.1. The molecule has 0 N–H and O–H groups in total. The van der Waals surface area contributed by atoms with Crippen molar-refractivity contribution in [2.24, 2.45) is 0 Å². The van der Waals surface area contributed by atoms with Gasteiger partial charge in [0.2, 0.25) is 5.79 Å². The number of carbonyl (C=O) groups excluding carboxylic acids is 1. The lowest BCUT2D eigenvalue weighted by molar-refractivity contribution is -0.186. The molecular formula is C7H10O3. The van der Waals surface area contributed by atoms with Crippen LogP contribution in [0.1, 0.15) is 13.3 Å². The van der Waals surface area contributed by atoms with Crippen molar-refractivity contribution in [3.05, 3.63) is 12.3 Å². The van der Waals surface area contributed by atoms with Crippen molar-refractivity contribution < 1.29 is 14.3 Å². The Morgan fingerprint density at radius 2 is 2.50 bits per heavy atom. The fourth-order valence-electron chi connectivity index (χ4n) is 0.791. The third kappa shape index (κ3) is 1.36. The van der Waals surface area contributed by atoms with E-state index in [1.165, 1.54) is 19.4 Å². The highest BCUT2D eigenvalue weighted by Crippen LogP contribution is 2.20. The highest BCUT2D eigenvalue weighted by Gasteiger charge is 2.29. The van der Waals surface area contributed by atoms with E-state index in [2.05, 4.69) is 0 Å². The molecule has 3 nitrogen and oxygen atoms in total. The molecule has 1 aliphatic rings. The lowest BCUT2D eigenvalue weighted by Crippen LogP contribution is -2.34. The highest BCUT2D eigenvalue weighted by molar-refractivity contribution is 5.90. The summed E-state index contributed by atoms with van der Waals surface area (Å²) < 4.78 is 10.0. The fourth-order valence-corrected chi connectivity index (χ4v) is 0.791. The van der Waals surface area contributed by atoms with Gasteiger partial charge < -0.3 is 9.47 Å². The number of hydrogen-bond donors (Lipinski definition) is 0. The molecular weight excluding hydrogens is 132 g/mol. The predicted octanol–water partition coefficient (Wildman–Crippen LogP) is 0.852. The first kappa shape index (κ1) is 7.28. The minimum Gasteiger partial charge on any atom is -0.470 e. The molecule has 1 rings (SSSR count). The minimum absolute atomic E-state index is 0.0376. The second-order valence-corrected chi connectivity index (χ2v) is 2.40. The molecule has 0 amide bonds. The summed E-state index contributed by atoms with van der Waals surface area (Å²) in [6, 6.07) is 0. The van der Waals surface area contributed by atoms with Crippen LogP contribution in [0.2, 0.25) is 0 Å². The first-order valence-electron chi connectivity index (χ1n) is 3.09. The lowest BCUT2D eigenvalue weighted by Gasteiger charge is -2.28. The summed E-state index contributed by atoms with van der Waals surface area (Å²) in [7, 11) is 1.52. The van der Waals surface area contributed by atoms with Crippen molar-refractivity contribution in [2.45, 2.75) is 19.1 Å². The molecule has 0 radical (unpaired) electrons. The zero-order valence-electron chi connectivity index (χ0n) is 6.09. The van der Waals surface area contributed by atoms with Crippen LogP contribution in [-0.4, -0.2) is 18.7 Å². The molecule has 0 spiro atoms. The first-order chi connectivity index (χ1) is 4.66. The Bertz CT molecular complexity index is 174. The van der Waals surface area contributed by atoms with E-state index in [4.69, 9.17) is 9.47 Å². The van der Waals surface area contributed by atoms with E-state index in [1.54, 1.807) is 6.92 Å². The maximum Gasteiger partial charge on any atom is 0.213 e. The zero-order chi connectivity index (χ0) is 7.61. The summed E-state index contributed by atoms with van der Waals surface area (Å²) in [5.41, 5.74) is 0. The minimum atomic E-state index is -0.744. The smallest absolute Gasteiger partial charge is 0.213 e. The Balaban J connectivity index is 2.67. The number of methoxy groups -OCH3 is 1. The average molecular weight is 142 g/mol. The van der Waals surface area contributed by atoms with Gasteiger partial charge in [-0.3, -0.25) is 4.79 Å². The second kappa shape index (κ2) is 2.42. The number of allylic oxidation sites excluding steroid dienone is 1. The Kier molecular flexibility index (Phi) is 1.76. The fraction of sp³-hybridized carbons (Fsp3) is 0.571. The standard InChI is InChI=1S/C7H10O3/c1-7(9-2)5-6(8)3-4-10-7/h3-4H,5H2,1-2H3. The molecule has 10 heavy (non-hydrogen) atoms. The molecule has 3 heteroatoms. The molecule has 0 fully saturated rings. The SMILES string of the molecule is COC1(C)CC(=O)C=CO1. The van der Waals surface area contributed by atoms with Gasteiger partial charge in [-0.05, 0) is 0 Å². The molecule has 1 heterocycles. The van der Waals surface area contributed by atoms with Crippen LogP contribution >= 0.6 is 0 Å². The van der Waals surface area contributed by atoms with Crippen molar-refractivity contribution in [1.82, 2.24) is 0 Å². The molecule has 0 saturated heterocycles. The van der Waals surface area contributed by atoms with E-state index >= 15 is 0 Å². The maximum atomic E-state index is 10.8. The van der Waals surface area contributed by atoms with Crippen molar-refractivity contribution in [2.75, 3.05) is 7.11 Å². The number of hydrogen-bond acceptors (Lipinski definition) is 3. The van der Waals surface area contributed by atoms with Crippen LogP contribution in [0.3, 0.4) is 0 Å². The van der Waals surface area contributed by atoms with E-state index in [-0.39, 0.29) is 5.78 Å². The van der Waals surface area contributed by atoms with Gasteiger partial charge in [0.05, 0.1) is 12.7 Å². The Labute approximate surface area is 59.6 Å². The van der Waals surface area contributed by atoms with Gasteiger partial charge in [0.25, 0.3) is 0 Å². The van der Waals surface area contributed by atoms with Crippen LogP contribution in [0.15, 0.2) is 12.3 Å². The molecule has 1 atom stereocenters. The first-order valence-corrected chi connectivity index (χ1v) is 3.09. The largest absolute Gasteiger partial charge is 0.470 e. The van der Waals surface area contributed by atoms with Crippen LogP contribution in [0.25, 0.3) is 0 Å². The average Bonchev–Trinajstić information content (AvgIpc) is 1.88. The number of rotatable bonds is 1. The quantitative estimate of drug-likeness (QED) is 0.544. The summed E-state index contributed by atoms with van der Waals surface area (Å²) in [6.45, 7) is 1.73. The topological polar surface area (TPSA) is 35.5 Å². The van der Waals surface area contributed by atoms with Crippen LogP contribution in [0.4, 0.5) is 0 Å². The van der Waals surface area contributed by atoms with Crippen molar-refractivity contribution >= 4 is 5.78 Å². The van der Waals surface area contributed by atoms with Crippen LogP contribution in [0, 0.1) is 0 Å². The monoisotopic (exact) mass is 142 g/mol. The maximum absolute atomic E-state index is 10.8. The molecule has 0 aromatic carbocycles. The Morgan fingerprint density at radius 3 is 2.90 bits per heavy atom. The third-order valence-corrected chi connectivity index (χ3v) is 1.50. The zero-order valence-corrected chi connectivity index (χ0v) is 6.09. The van der Waals surface area contributed by atoms with Gasteiger partial charge in [-0.2, -0.15) is 0 Å². The summed E-state index contributed by atoms with van der Waals surface area (Å²) in [5.74, 6) is -0.707. The predicted molar refractivity (Wildman–Crippen MR) is 35.3 cm³/mol. The number of ketones is 1. The van der Waals surface area contributed by atoms with Gasteiger partial charge >= 0.3 is 0 Å². The molecule has 0 aliphatic carbocycles. The molecule has 1 aliphatic heterocycles. The summed E-state index contributed by atoms with van der Waals surface area (Å²) >= 11 is 0. The summed E-state index contributed by atoms with van der Waals surface area (Å²) in [6.07, 6.45) is 3.07. The van der Waals surface area contributed by atoms with Crippen LogP contribution in [0.5, 0.6) is 0 Å². The molecule has 0 aromatic rings. The van der Waals surface area contributed by atoms with Crippen molar-refractivity contribution in [3.63, 3.8) is 0 Å². The van der Waals surface area contributed by atoms with Gasteiger partial charge in [-0.1, -0.05) is 0 Å². The molecule has 56 valence electrons. The Hall–Kier alpha value is -0.830. The third-order valence-electron chi connectivity index (χ3n) is 1.50. The van der Waals surface area contributed by atoms with Crippen LogP contribution < -0.4 is 0 Å². The van der Waals surface area contributed by atoms with Crippen molar-refractivity contribution in [3.8, 4) is 0 Å². The Morgan fingerprint density at radius 1 is 1.80 bits per heavy atom. The van der Waals surface area contributed by atoms with Gasteiger partial charge in [0.1, 0.15) is 0 Å². The summed E-state index contributed by atoms with van der Waals surface area (Å²) in [4.78, 5) is 10.8. The molecule has 0 saturated carbocycles. The molecule has 1 unspecified atom stereocenters. The van der Waals surface area contributed by atoms with E-state index in [0.29, 0.717) is 6.42 Å². The number of ether oxygens (including phenoxy) is 2. The second-order valence-electron chi connectivity index (χ2n) is 2.40. The molecule has 0 aromatic heterocycles. The van der Waals surface area contributed by atoms with E-state index in [9.17, 15) is 4.79 Å². The highest BCUT2D eigenvalue weighted by atomic mass is 16.7. The summed E-state index contributed by atoms with van der Waals surface area (Å²) in [5, 5.41) is 0. The van der Waals surface area contributed by atoms with Crippen LogP contribution in [-0.2, 0) is 14.3 Å². The normalized spacial score (nSPS) is 32.0. The van der Waals surface area contributed by atoms with Gasteiger partial charge in [0.15, 0.2) is 5.78 Å². The van der Waals surface area contributed by atoms with Gasteiger partial charge in [-0.15, -0.1) is 0 Å². The number of carbonyl (C=O) groups is 1. The van der Waals surface area contributed by atoms with Gasteiger partial charge in [-0.25, -0.2) is 0 Å². The molecule has 0 bridgehead atoms. The van der Waals surface area contributed by atoms with Crippen molar-refractivity contribution in [1.29, 1.82) is 0 Å². The van der Waals surface area contributed by atoms with E-state index in [1.807, 2.05) is 0 Å². The van der Waals surface area contributed by atoms with E-state index in [0.717, 1.165) is 0 Å².